The van der Waals surface area contributed by atoms with Crippen molar-refractivity contribution in [1.82, 2.24) is 14.7 Å². The van der Waals surface area contributed by atoms with E-state index in [4.69, 9.17) is 9.47 Å². The van der Waals surface area contributed by atoms with Gasteiger partial charge in [-0.3, -0.25) is 9.48 Å². The molecule has 1 aromatic heterocycles. The molecule has 6 nitrogen and oxygen atoms in total. The SMILES string of the molecule is CC(C)Oc1ccc(C(=O)N2CCC3(CC2)Oc2ccccc2-c2c3cnn2C)cc1F. The summed E-state index contributed by atoms with van der Waals surface area (Å²) in [5, 5.41) is 4.49. The van der Waals surface area contributed by atoms with Gasteiger partial charge in [-0.15, -0.1) is 0 Å². The first-order chi connectivity index (χ1) is 15.4. The van der Waals surface area contributed by atoms with Gasteiger partial charge in [-0.1, -0.05) is 12.1 Å². The molecule has 3 aromatic rings. The largest absolute Gasteiger partial charge is 0.488 e. The van der Waals surface area contributed by atoms with E-state index < -0.39 is 11.4 Å². The van der Waals surface area contributed by atoms with Crippen LogP contribution in [0.5, 0.6) is 11.5 Å². The lowest BCUT2D eigenvalue weighted by atomic mass is 9.81. The summed E-state index contributed by atoms with van der Waals surface area (Å²) in [4.78, 5) is 14.8. The van der Waals surface area contributed by atoms with E-state index in [0.29, 0.717) is 31.5 Å². The number of hydrogen-bond acceptors (Lipinski definition) is 4. The van der Waals surface area contributed by atoms with Crippen LogP contribution in [0.1, 0.15) is 42.6 Å². The number of ether oxygens (including phenoxy) is 2. The summed E-state index contributed by atoms with van der Waals surface area (Å²) in [6.07, 6.45) is 3.03. The van der Waals surface area contributed by atoms with E-state index in [0.717, 1.165) is 22.6 Å². The molecule has 2 aromatic carbocycles. The maximum atomic E-state index is 14.4. The molecule has 3 heterocycles. The van der Waals surface area contributed by atoms with E-state index >= 15 is 0 Å². The normalized spacial score (nSPS) is 16.5. The van der Waals surface area contributed by atoms with E-state index in [2.05, 4.69) is 5.10 Å². The number of para-hydroxylation sites is 1. The molecule has 2 aliphatic rings. The first-order valence-corrected chi connectivity index (χ1v) is 10.9. The van der Waals surface area contributed by atoms with Crippen LogP contribution in [0, 0.1) is 5.82 Å². The van der Waals surface area contributed by atoms with Gasteiger partial charge in [0.15, 0.2) is 11.6 Å². The van der Waals surface area contributed by atoms with E-state index in [9.17, 15) is 9.18 Å². The van der Waals surface area contributed by atoms with Crippen molar-refractivity contribution < 1.29 is 18.7 Å². The van der Waals surface area contributed by atoms with Crippen LogP contribution in [0.2, 0.25) is 0 Å². The van der Waals surface area contributed by atoms with Gasteiger partial charge in [-0.05, 0) is 44.2 Å². The molecular weight excluding hydrogens is 409 g/mol. The molecule has 1 saturated heterocycles. The van der Waals surface area contributed by atoms with Crippen LogP contribution in [0.3, 0.4) is 0 Å². The summed E-state index contributed by atoms with van der Waals surface area (Å²) in [5.41, 5.74) is 2.97. The monoisotopic (exact) mass is 435 g/mol. The number of aromatic nitrogens is 2. The lowest BCUT2D eigenvalue weighted by Crippen LogP contribution is -2.49. The topological polar surface area (TPSA) is 56.6 Å². The van der Waals surface area contributed by atoms with Gasteiger partial charge >= 0.3 is 0 Å². The molecule has 32 heavy (non-hydrogen) atoms. The van der Waals surface area contributed by atoms with Crippen LogP contribution in [0.25, 0.3) is 11.3 Å². The van der Waals surface area contributed by atoms with Crippen LogP contribution in [-0.4, -0.2) is 39.8 Å². The van der Waals surface area contributed by atoms with Gasteiger partial charge in [-0.2, -0.15) is 5.10 Å². The highest BCUT2D eigenvalue weighted by Crippen LogP contribution is 2.49. The molecule has 1 fully saturated rings. The molecule has 0 atom stereocenters. The Morgan fingerprint density at radius 3 is 2.66 bits per heavy atom. The Morgan fingerprint density at radius 1 is 1.19 bits per heavy atom. The predicted octanol–water partition coefficient (Wildman–Crippen LogP) is 4.54. The number of halogens is 1. The predicted molar refractivity (Wildman–Crippen MR) is 118 cm³/mol. The molecule has 0 aliphatic carbocycles. The maximum Gasteiger partial charge on any atom is 0.253 e. The fraction of sp³-hybridized carbons (Fsp3) is 0.360. The molecule has 1 amide bonds. The highest BCUT2D eigenvalue weighted by molar-refractivity contribution is 5.94. The van der Waals surface area contributed by atoms with Crippen molar-refractivity contribution in [2.45, 2.75) is 38.4 Å². The summed E-state index contributed by atoms with van der Waals surface area (Å²) in [5.74, 6) is 0.293. The molecule has 166 valence electrons. The van der Waals surface area contributed by atoms with Crippen molar-refractivity contribution in [2.75, 3.05) is 13.1 Å². The molecule has 0 unspecified atom stereocenters. The van der Waals surface area contributed by atoms with E-state index in [1.54, 1.807) is 11.0 Å². The van der Waals surface area contributed by atoms with Gasteiger partial charge in [0.05, 0.1) is 18.0 Å². The van der Waals surface area contributed by atoms with Gasteiger partial charge < -0.3 is 14.4 Å². The Labute approximate surface area is 186 Å². The number of piperidine rings is 1. The van der Waals surface area contributed by atoms with Crippen LogP contribution in [0.15, 0.2) is 48.7 Å². The second-order valence-corrected chi connectivity index (χ2v) is 8.73. The molecule has 0 N–H and O–H groups in total. The standard InChI is InChI=1S/C25H26FN3O3/c1-16(2)31-22-9-8-17(14-20(22)26)24(30)29-12-10-25(11-13-29)19-15-27-28(3)23(19)18-6-4-5-7-21(18)32-25/h4-9,14-16H,10-13H2,1-3H3. The van der Waals surface area contributed by atoms with Crippen LogP contribution >= 0.6 is 0 Å². The fourth-order valence-corrected chi connectivity index (χ4v) is 4.72. The van der Waals surface area contributed by atoms with Crippen LogP contribution < -0.4 is 9.47 Å². The summed E-state index contributed by atoms with van der Waals surface area (Å²) in [6, 6.07) is 12.4. The molecule has 2 aliphatic heterocycles. The first kappa shape index (κ1) is 20.5. The highest BCUT2D eigenvalue weighted by Gasteiger charge is 2.45. The van der Waals surface area contributed by atoms with Gasteiger partial charge in [-0.25, -0.2) is 4.39 Å². The Hall–Kier alpha value is -3.35. The van der Waals surface area contributed by atoms with Crippen molar-refractivity contribution in [2.24, 2.45) is 7.05 Å². The third-order valence-electron chi connectivity index (χ3n) is 6.28. The number of rotatable bonds is 3. The third kappa shape index (κ3) is 3.32. The minimum atomic E-state index is -0.523. The highest BCUT2D eigenvalue weighted by atomic mass is 19.1. The quantitative estimate of drug-likeness (QED) is 0.606. The first-order valence-electron chi connectivity index (χ1n) is 10.9. The summed E-state index contributed by atoms with van der Waals surface area (Å²) >= 11 is 0. The minimum Gasteiger partial charge on any atom is -0.488 e. The number of carbonyl (C=O) groups is 1. The molecule has 1 spiro atoms. The Balaban J connectivity index is 1.36. The fourth-order valence-electron chi connectivity index (χ4n) is 4.72. The molecule has 0 radical (unpaired) electrons. The smallest absolute Gasteiger partial charge is 0.253 e. The van der Waals surface area contributed by atoms with Crippen molar-refractivity contribution in [3.8, 4) is 22.8 Å². The zero-order chi connectivity index (χ0) is 22.5. The summed E-state index contributed by atoms with van der Waals surface area (Å²) in [7, 11) is 1.94. The molecule has 0 bridgehead atoms. The molecule has 5 rings (SSSR count). The van der Waals surface area contributed by atoms with Crippen molar-refractivity contribution >= 4 is 5.91 Å². The Morgan fingerprint density at radius 2 is 1.94 bits per heavy atom. The van der Waals surface area contributed by atoms with Crippen molar-refractivity contribution in [3.63, 3.8) is 0 Å². The number of likely N-dealkylation sites (tertiary alicyclic amines) is 1. The van der Waals surface area contributed by atoms with Gasteiger partial charge in [0.2, 0.25) is 0 Å². The van der Waals surface area contributed by atoms with Crippen molar-refractivity contribution in [3.05, 3.63) is 65.6 Å². The number of carbonyl (C=O) groups excluding carboxylic acids is 1. The lowest BCUT2D eigenvalue weighted by molar-refractivity contribution is -0.00173. The van der Waals surface area contributed by atoms with Crippen molar-refractivity contribution in [1.29, 1.82) is 0 Å². The third-order valence-corrected chi connectivity index (χ3v) is 6.28. The van der Waals surface area contributed by atoms with Crippen LogP contribution in [-0.2, 0) is 12.6 Å². The zero-order valence-corrected chi connectivity index (χ0v) is 18.5. The molecule has 7 heteroatoms. The van der Waals surface area contributed by atoms with Gasteiger partial charge in [0.1, 0.15) is 11.4 Å². The number of amides is 1. The number of benzene rings is 2. The van der Waals surface area contributed by atoms with E-state index in [1.165, 1.54) is 12.1 Å². The second kappa shape index (κ2) is 7.65. The van der Waals surface area contributed by atoms with E-state index in [-0.39, 0.29) is 17.8 Å². The average Bonchev–Trinajstić information content (AvgIpc) is 3.18. The number of hydrogen-bond donors (Lipinski definition) is 0. The Kier molecular flexibility index (Phi) is 4.92. The van der Waals surface area contributed by atoms with Gasteiger partial charge in [0.25, 0.3) is 5.91 Å². The average molecular weight is 435 g/mol. The lowest BCUT2D eigenvalue weighted by Gasteiger charge is -2.44. The zero-order valence-electron chi connectivity index (χ0n) is 18.5. The van der Waals surface area contributed by atoms with Crippen LogP contribution in [0.4, 0.5) is 4.39 Å². The maximum absolute atomic E-state index is 14.4. The molecular formula is C25H26FN3O3. The summed E-state index contributed by atoms with van der Waals surface area (Å²) < 4.78 is 28.3. The second-order valence-electron chi connectivity index (χ2n) is 8.73. The summed E-state index contributed by atoms with van der Waals surface area (Å²) in [6.45, 7) is 4.70. The minimum absolute atomic E-state index is 0.137. The Bertz CT molecular complexity index is 1180. The number of aryl methyl sites for hydroxylation is 1. The van der Waals surface area contributed by atoms with E-state index in [1.807, 2.05) is 56.0 Å². The number of nitrogens with zero attached hydrogens (tertiary/aromatic N) is 3. The van der Waals surface area contributed by atoms with Gasteiger partial charge in [0, 0.05) is 49.7 Å². The molecule has 0 saturated carbocycles. The number of fused-ring (bicyclic) bond motifs is 4.